The van der Waals surface area contributed by atoms with E-state index in [0.29, 0.717) is 35.2 Å². The first kappa shape index (κ1) is 19.7. The summed E-state index contributed by atoms with van der Waals surface area (Å²) in [7, 11) is 15.0. The zero-order valence-electron chi connectivity index (χ0n) is 14.0. The van der Waals surface area contributed by atoms with Gasteiger partial charge in [-0.2, -0.15) is 0 Å². The van der Waals surface area contributed by atoms with E-state index in [1.54, 1.807) is 21.0 Å². The van der Waals surface area contributed by atoms with Crippen LogP contribution in [0.1, 0.15) is 26.7 Å². The maximum absolute atomic E-state index is 11.9. The van der Waals surface area contributed by atoms with Crippen molar-refractivity contribution in [3.05, 3.63) is 35.6 Å². The third kappa shape index (κ3) is 4.95. The number of hydrogen-bond donors (Lipinski definition) is 0. The van der Waals surface area contributed by atoms with Gasteiger partial charge in [0.15, 0.2) is 0 Å². The van der Waals surface area contributed by atoms with Crippen molar-refractivity contribution in [2.24, 2.45) is 0 Å². The molecule has 1 atom stereocenters. The van der Waals surface area contributed by atoms with E-state index in [4.69, 9.17) is 32.1 Å². The van der Waals surface area contributed by atoms with E-state index in [-0.39, 0.29) is 12.1 Å². The summed E-state index contributed by atoms with van der Waals surface area (Å²) < 4.78 is 17.7. The molecule has 134 valence electrons. The summed E-state index contributed by atoms with van der Waals surface area (Å²) in [6.07, 6.45) is 1.28. The van der Waals surface area contributed by atoms with Gasteiger partial charge < -0.3 is 0 Å². The zero-order chi connectivity index (χ0) is 17.7. The van der Waals surface area contributed by atoms with Crippen molar-refractivity contribution < 1.29 is 19.0 Å². The van der Waals surface area contributed by atoms with Crippen LogP contribution < -0.4 is 8.35 Å². The molecule has 1 heterocycles. The van der Waals surface area contributed by atoms with Crippen molar-refractivity contribution in [1.82, 2.24) is 0 Å². The van der Waals surface area contributed by atoms with E-state index >= 15 is 0 Å². The topological polar surface area (TPSA) is 44.8 Å². The molecule has 4 nitrogen and oxygen atoms in total. The zero-order valence-corrected chi connectivity index (χ0v) is 17.9. The number of carbonyl (C=O) groups is 1. The van der Waals surface area contributed by atoms with Crippen LogP contribution in [-0.2, 0) is 14.3 Å². The van der Waals surface area contributed by atoms with Crippen molar-refractivity contribution >= 4 is 43.4 Å². The Morgan fingerprint density at radius 1 is 1.33 bits per heavy atom. The fraction of sp³-hybridized carbons (Fsp3) is 0.471. The van der Waals surface area contributed by atoms with Gasteiger partial charge >= 0.3 is 155 Å². The van der Waals surface area contributed by atoms with Gasteiger partial charge in [-0.05, 0) is 0 Å². The second-order valence-corrected chi connectivity index (χ2v) is 19.2. The fourth-order valence-corrected chi connectivity index (χ4v) is 9.89. The molecule has 0 saturated carbocycles. The van der Waals surface area contributed by atoms with E-state index in [0.717, 1.165) is 9.36 Å². The van der Waals surface area contributed by atoms with Gasteiger partial charge in [-0.25, -0.2) is 0 Å². The van der Waals surface area contributed by atoms with Gasteiger partial charge in [-0.3, -0.25) is 0 Å². The molecule has 7 heteroatoms. The number of halogens is 2. The number of carbonyl (C=O) groups excluding carboxylic acids is 1. The quantitative estimate of drug-likeness (QED) is 0.451. The van der Waals surface area contributed by atoms with Crippen LogP contribution in [0.15, 0.2) is 35.6 Å². The van der Waals surface area contributed by atoms with Gasteiger partial charge in [0.25, 0.3) is 0 Å². The molecule has 0 spiro atoms. The molecule has 0 bridgehead atoms. The first-order valence-corrected chi connectivity index (χ1v) is 16.5. The molecule has 1 aliphatic rings. The van der Waals surface area contributed by atoms with Crippen LogP contribution in [0.2, 0.25) is 4.47 Å². The van der Waals surface area contributed by atoms with E-state index in [9.17, 15) is 4.79 Å². The van der Waals surface area contributed by atoms with Gasteiger partial charge in [0.2, 0.25) is 0 Å². The molecular formula is C17H22Cl2O4Te. The molecule has 1 unspecified atom stereocenters. The van der Waals surface area contributed by atoms with Gasteiger partial charge in [0.1, 0.15) is 0 Å². The van der Waals surface area contributed by atoms with Crippen molar-refractivity contribution in [2.75, 3.05) is 13.7 Å². The number of allylic oxidation sites excluding steroid dienone is 1. The Morgan fingerprint density at radius 2 is 2.00 bits per heavy atom. The van der Waals surface area contributed by atoms with E-state index in [1.165, 1.54) is 0 Å². The molecule has 1 aromatic rings. The van der Waals surface area contributed by atoms with Gasteiger partial charge in [-0.15, -0.1) is 0 Å². The normalized spacial score (nSPS) is 18.8. The molecule has 0 saturated heterocycles. The number of esters is 1. The first-order valence-electron chi connectivity index (χ1n) is 7.75. The van der Waals surface area contributed by atoms with Crippen LogP contribution in [0.25, 0.3) is 0 Å². The molecule has 0 aliphatic carbocycles. The molecule has 0 aromatic heterocycles. The maximum atomic E-state index is 11.9. The van der Waals surface area contributed by atoms with Crippen molar-refractivity contribution in [3.63, 3.8) is 0 Å². The van der Waals surface area contributed by atoms with E-state index in [1.807, 2.05) is 24.3 Å². The summed E-state index contributed by atoms with van der Waals surface area (Å²) in [5.74, 6) is 1.09. The second kappa shape index (κ2) is 8.67. The molecule has 1 aliphatic heterocycles. The molecule has 0 fully saturated rings. The minimum absolute atomic E-state index is 0.0681. The van der Waals surface area contributed by atoms with Gasteiger partial charge in [0, 0.05) is 0 Å². The van der Waals surface area contributed by atoms with Crippen LogP contribution in [0.3, 0.4) is 0 Å². The fourth-order valence-electron chi connectivity index (χ4n) is 2.55. The average molecular weight is 489 g/mol. The molecule has 2 rings (SSSR count). The standard InChI is InChI=1S/C17H22Cl2O4Te/c1-4-22-17(20)16-10-7-14(23-12(16)2)11-24(18,19)15-8-5-13(21-3)6-9-15/h5-6,8-9,14H,4,7,10-11H2,1-3H3. The SMILES string of the molecule is CCOC(=O)C1=C(C)OC(C[Te](Cl)(Cl)c2ccc(OC)cc2)CC1. The van der Waals surface area contributed by atoms with Crippen LogP contribution in [0.4, 0.5) is 0 Å². The summed E-state index contributed by atoms with van der Waals surface area (Å²) in [5, 5.41) is 0. The second-order valence-electron chi connectivity index (χ2n) is 5.45. The predicted octanol–water partition coefficient (Wildman–Crippen LogP) is 3.84. The summed E-state index contributed by atoms with van der Waals surface area (Å²) >= 11 is -3.26. The Morgan fingerprint density at radius 3 is 2.54 bits per heavy atom. The molecular weight excluding hydrogens is 467 g/mol. The molecule has 0 N–H and O–H groups in total. The van der Waals surface area contributed by atoms with Gasteiger partial charge in [0.05, 0.1) is 0 Å². The Kier molecular flexibility index (Phi) is 7.12. The summed E-state index contributed by atoms with van der Waals surface area (Å²) in [5.41, 5.74) is 0.611. The van der Waals surface area contributed by atoms with Crippen molar-refractivity contribution in [1.29, 1.82) is 0 Å². The monoisotopic (exact) mass is 490 g/mol. The molecule has 1 aromatic carbocycles. The minimum atomic E-state index is -3.26. The van der Waals surface area contributed by atoms with Crippen LogP contribution >= 0.6 is 17.9 Å². The number of methoxy groups -OCH3 is 1. The molecule has 0 radical (unpaired) electrons. The molecule has 0 amide bonds. The number of rotatable bonds is 6. The third-order valence-electron chi connectivity index (χ3n) is 3.81. The number of benzene rings is 1. The third-order valence-corrected chi connectivity index (χ3v) is 12.9. The van der Waals surface area contributed by atoms with Crippen LogP contribution in [-0.4, -0.2) is 41.7 Å². The molecule has 24 heavy (non-hydrogen) atoms. The summed E-state index contributed by atoms with van der Waals surface area (Å²) in [6.45, 7) is 3.94. The van der Waals surface area contributed by atoms with E-state index in [2.05, 4.69) is 0 Å². The number of hydrogen-bond acceptors (Lipinski definition) is 4. The summed E-state index contributed by atoms with van der Waals surface area (Å²) in [6, 6.07) is 7.59. The Bertz CT molecular complexity index is 614. The van der Waals surface area contributed by atoms with Crippen LogP contribution in [0, 0.1) is 0 Å². The van der Waals surface area contributed by atoms with E-state index < -0.39 is 15.9 Å². The van der Waals surface area contributed by atoms with Crippen molar-refractivity contribution in [3.8, 4) is 5.75 Å². The van der Waals surface area contributed by atoms with Crippen molar-refractivity contribution in [2.45, 2.75) is 37.3 Å². The van der Waals surface area contributed by atoms with Crippen LogP contribution in [0.5, 0.6) is 5.75 Å². The number of ether oxygens (including phenoxy) is 3. The average Bonchev–Trinajstić information content (AvgIpc) is 2.54. The predicted molar refractivity (Wildman–Crippen MR) is 98.3 cm³/mol. The Balaban J connectivity index is 2.04. The Hall–Kier alpha value is -0.600. The Labute approximate surface area is 154 Å². The first-order chi connectivity index (χ1) is 11.4. The van der Waals surface area contributed by atoms with Gasteiger partial charge in [-0.1, -0.05) is 0 Å². The summed E-state index contributed by atoms with van der Waals surface area (Å²) in [4.78, 5) is 11.9.